The second kappa shape index (κ2) is 2.58. The number of hydrogen-bond donors (Lipinski definition) is 1. The Kier molecular flexibility index (Phi) is 1.55. The van der Waals surface area contributed by atoms with E-state index in [-0.39, 0.29) is 5.69 Å². The van der Waals surface area contributed by atoms with Gasteiger partial charge >= 0.3 is 5.97 Å². The first-order valence-corrected chi connectivity index (χ1v) is 3.86. The lowest BCUT2D eigenvalue weighted by molar-refractivity contribution is 0.0690. The summed E-state index contributed by atoms with van der Waals surface area (Å²) >= 11 is 0. The second-order valence-corrected chi connectivity index (χ2v) is 2.91. The average Bonchev–Trinajstić information content (AvgIpc) is 2.46. The molecule has 1 N–H and O–H groups in total. The van der Waals surface area contributed by atoms with Crippen LogP contribution in [0.3, 0.4) is 0 Å². The lowest BCUT2D eigenvalue weighted by atomic mass is 10.3. The fourth-order valence-electron chi connectivity index (χ4n) is 1.19. The number of rotatable bonds is 1. The van der Waals surface area contributed by atoms with Crippen molar-refractivity contribution in [1.82, 2.24) is 9.61 Å². The highest BCUT2D eigenvalue weighted by molar-refractivity contribution is 5.86. The van der Waals surface area contributed by atoms with Crippen LogP contribution in [0.25, 0.3) is 5.52 Å². The zero-order chi connectivity index (χ0) is 9.42. The number of carbonyl (C=O) groups is 1. The van der Waals surface area contributed by atoms with Gasteiger partial charge in [0.15, 0.2) is 5.69 Å². The third-order valence-electron chi connectivity index (χ3n) is 1.83. The molecule has 0 fully saturated rings. The van der Waals surface area contributed by atoms with E-state index in [4.69, 9.17) is 5.11 Å². The lowest BCUT2D eigenvalue weighted by Crippen LogP contribution is -1.97. The van der Waals surface area contributed by atoms with E-state index in [1.165, 1.54) is 0 Å². The molecular formula is C9H8N2O2. The summed E-state index contributed by atoms with van der Waals surface area (Å²) < 4.78 is 1.57. The lowest BCUT2D eigenvalue weighted by Gasteiger charge is -1.92. The van der Waals surface area contributed by atoms with E-state index >= 15 is 0 Å². The average molecular weight is 176 g/mol. The SMILES string of the molecule is Cc1ccc2cc(C(=O)O)nn2c1. The summed E-state index contributed by atoms with van der Waals surface area (Å²) in [6.07, 6.45) is 1.79. The standard InChI is InChI=1S/C9H8N2O2/c1-6-2-3-7-4-8(9(12)13)10-11(7)5-6/h2-5H,1H3,(H,12,13). The van der Waals surface area contributed by atoms with Crippen molar-refractivity contribution in [2.45, 2.75) is 6.92 Å². The molecule has 0 saturated carbocycles. The van der Waals surface area contributed by atoms with Crippen LogP contribution in [0.15, 0.2) is 24.4 Å². The molecule has 0 unspecified atom stereocenters. The van der Waals surface area contributed by atoms with Crippen molar-refractivity contribution in [2.24, 2.45) is 0 Å². The Balaban J connectivity index is 2.68. The number of carboxylic acid groups (broad SMARTS) is 1. The third kappa shape index (κ3) is 1.26. The van der Waals surface area contributed by atoms with Crippen LogP contribution in [0.1, 0.15) is 16.1 Å². The number of aromatic nitrogens is 2. The molecular weight excluding hydrogens is 168 g/mol. The summed E-state index contributed by atoms with van der Waals surface area (Å²) in [7, 11) is 0. The van der Waals surface area contributed by atoms with Gasteiger partial charge in [-0.1, -0.05) is 6.07 Å². The minimum Gasteiger partial charge on any atom is -0.476 e. The van der Waals surface area contributed by atoms with E-state index in [9.17, 15) is 4.79 Å². The van der Waals surface area contributed by atoms with Crippen molar-refractivity contribution in [3.8, 4) is 0 Å². The number of pyridine rings is 1. The van der Waals surface area contributed by atoms with Gasteiger partial charge in [-0.05, 0) is 24.6 Å². The Morgan fingerprint density at radius 1 is 1.54 bits per heavy atom. The highest BCUT2D eigenvalue weighted by Crippen LogP contribution is 2.07. The van der Waals surface area contributed by atoms with Crippen molar-refractivity contribution in [2.75, 3.05) is 0 Å². The molecule has 2 aromatic rings. The minimum absolute atomic E-state index is 0.0746. The molecule has 0 atom stereocenters. The molecule has 0 bridgehead atoms. The fourth-order valence-corrected chi connectivity index (χ4v) is 1.19. The number of aryl methyl sites for hydroxylation is 1. The summed E-state index contributed by atoms with van der Waals surface area (Å²) in [6, 6.07) is 5.30. The van der Waals surface area contributed by atoms with E-state index in [1.54, 1.807) is 16.8 Å². The van der Waals surface area contributed by atoms with Crippen LogP contribution in [-0.4, -0.2) is 20.7 Å². The molecule has 0 spiro atoms. The Labute approximate surface area is 74.4 Å². The highest BCUT2D eigenvalue weighted by atomic mass is 16.4. The van der Waals surface area contributed by atoms with E-state index in [2.05, 4.69) is 5.10 Å². The monoisotopic (exact) mass is 176 g/mol. The highest BCUT2D eigenvalue weighted by Gasteiger charge is 2.07. The molecule has 0 aliphatic carbocycles. The van der Waals surface area contributed by atoms with Crippen molar-refractivity contribution in [1.29, 1.82) is 0 Å². The summed E-state index contributed by atoms with van der Waals surface area (Å²) in [5.74, 6) is -0.999. The second-order valence-electron chi connectivity index (χ2n) is 2.91. The largest absolute Gasteiger partial charge is 0.476 e. The molecule has 2 rings (SSSR count). The Bertz CT molecular complexity index is 473. The zero-order valence-corrected chi connectivity index (χ0v) is 7.06. The number of carboxylic acids is 1. The molecule has 0 aromatic carbocycles. The first kappa shape index (κ1) is 7.79. The Morgan fingerprint density at radius 2 is 2.31 bits per heavy atom. The van der Waals surface area contributed by atoms with E-state index in [0.29, 0.717) is 0 Å². The summed E-state index contributed by atoms with van der Waals surface area (Å²) in [5.41, 5.74) is 1.92. The van der Waals surface area contributed by atoms with Gasteiger partial charge in [0.2, 0.25) is 0 Å². The maximum absolute atomic E-state index is 10.6. The van der Waals surface area contributed by atoms with Crippen molar-refractivity contribution in [3.63, 3.8) is 0 Å². The quantitative estimate of drug-likeness (QED) is 0.713. The number of fused-ring (bicyclic) bond motifs is 1. The zero-order valence-electron chi connectivity index (χ0n) is 7.06. The molecule has 0 aliphatic rings. The molecule has 66 valence electrons. The maximum atomic E-state index is 10.6. The molecule has 0 saturated heterocycles. The van der Waals surface area contributed by atoms with E-state index in [1.807, 2.05) is 19.1 Å². The first-order valence-electron chi connectivity index (χ1n) is 3.86. The van der Waals surface area contributed by atoms with Crippen molar-refractivity contribution in [3.05, 3.63) is 35.7 Å². The van der Waals surface area contributed by atoms with Crippen LogP contribution in [0.4, 0.5) is 0 Å². The molecule has 4 nitrogen and oxygen atoms in total. The molecule has 13 heavy (non-hydrogen) atoms. The van der Waals surface area contributed by atoms with Gasteiger partial charge in [0.05, 0.1) is 5.52 Å². The minimum atomic E-state index is -0.999. The van der Waals surface area contributed by atoms with Crippen LogP contribution in [-0.2, 0) is 0 Å². The van der Waals surface area contributed by atoms with Gasteiger partial charge in [0.1, 0.15) is 0 Å². The van der Waals surface area contributed by atoms with E-state index < -0.39 is 5.97 Å². The predicted molar refractivity (Wildman–Crippen MR) is 46.9 cm³/mol. The van der Waals surface area contributed by atoms with E-state index in [0.717, 1.165) is 11.1 Å². The van der Waals surface area contributed by atoms with Crippen molar-refractivity contribution < 1.29 is 9.90 Å². The molecule has 0 amide bonds. The van der Waals surface area contributed by atoms with Crippen molar-refractivity contribution >= 4 is 11.5 Å². The maximum Gasteiger partial charge on any atom is 0.356 e. The van der Waals surface area contributed by atoms with Gasteiger partial charge in [-0.2, -0.15) is 5.10 Å². The third-order valence-corrected chi connectivity index (χ3v) is 1.83. The van der Waals surface area contributed by atoms with Crippen LogP contribution >= 0.6 is 0 Å². The molecule has 2 heterocycles. The van der Waals surface area contributed by atoms with Gasteiger partial charge in [-0.15, -0.1) is 0 Å². The Morgan fingerprint density at radius 3 is 3.00 bits per heavy atom. The van der Waals surface area contributed by atoms with Gasteiger partial charge in [-0.25, -0.2) is 9.31 Å². The van der Waals surface area contributed by atoms with Crippen LogP contribution in [0, 0.1) is 6.92 Å². The Hall–Kier alpha value is -1.84. The van der Waals surface area contributed by atoms with Crippen LogP contribution in [0.5, 0.6) is 0 Å². The molecule has 0 aliphatic heterocycles. The normalized spacial score (nSPS) is 10.5. The van der Waals surface area contributed by atoms with Gasteiger partial charge in [0.25, 0.3) is 0 Å². The first-order chi connectivity index (χ1) is 6.16. The van der Waals surface area contributed by atoms with Crippen LogP contribution in [0.2, 0.25) is 0 Å². The van der Waals surface area contributed by atoms with Crippen LogP contribution < -0.4 is 0 Å². The van der Waals surface area contributed by atoms with Gasteiger partial charge < -0.3 is 5.11 Å². The molecule has 2 aromatic heterocycles. The summed E-state index contributed by atoms with van der Waals surface area (Å²) in [4.78, 5) is 10.6. The predicted octanol–water partition coefficient (Wildman–Crippen LogP) is 1.34. The topological polar surface area (TPSA) is 54.6 Å². The smallest absolute Gasteiger partial charge is 0.356 e. The number of aromatic carboxylic acids is 1. The number of nitrogens with zero attached hydrogens (tertiary/aromatic N) is 2. The van der Waals surface area contributed by atoms with Gasteiger partial charge in [0, 0.05) is 6.20 Å². The summed E-state index contributed by atoms with van der Waals surface area (Å²) in [6.45, 7) is 1.93. The molecule has 0 radical (unpaired) electrons. The molecule has 4 heteroatoms. The number of hydrogen-bond acceptors (Lipinski definition) is 2. The van der Waals surface area contributed by atoms with Gasteiger partial charge in [-0.3, -0.25) is 0 Å². The summed E-state index contributed by atoms with van der Waals surface area (Å²) in [5, 5.41) is 12.6. The fraction of sp³-hybridized carbons (Fsp3) is 0.111.